The van der Waals surface area contributed by atoms with Crippen molar-refractivity contribution in [1.29, 1.82) is 15.8 Å². The fraction of sp³-hybridized carbons (Fsp3) is 0.188. The second-order valence-corrected chi connectivity index (χ2v) is 4.17. The minimum Gasteiger partial charge on any atom is -0.490 e. The average Bonchev–Trinajstić information content (AvgIpc) is 2.55. The van der Waals surface area contributed by atoms with Crippen molar-refractivity contribution < 1.29 is 18.3 Å². The van der Waals surface area contributed by atoms with Gasteiger partial charge in [-0.3, -0.25) is 0 Å². The molecule has 2 N–H and O–H groups in total. The molecule has 122 valence electrons. The van der Waals surface area contributed by atoms with Crippen molar-refractivity contribution in [2.45, 2.75) is 13.5 Å². The Morgan fingerprint density at radius 2 is 1.92 bits per heavy atom. The fourth-order valence-electron chi connectivity index (χ4n) is 1.74. The second-order valence-electron chi connectivity index (χ2n) is 4.17. The Bertz CT molecular complexity index is 780. The lowest BCUT2D eigenvalue weighted by Gasteiger charge is -2.14. The Labute approximate surface area is 137 Å². The molecule has 0 atom stereocenters. The highest BCUT2D eigenvalue weighted by molar-refractivity contribution is 5.71. The van der Waals surface area contributed by atoms with E-state index in [-0.39, 0.29) is 34.9 Å². The van der Waals surface area contributed by atoms with E-state index in [9.17, 15) is 14.0 Å². The Morgan fingerprint density at radius 1 is 1.25 bits per heavy atom. The highest BCUT2D eigenvalue weighted by Gasteiger charge is 2.16. The Balaban J connectivity index is 3.53. The lowest BCUT2D eigenvalue weighted by Crippen LogP contribution is -2.07. The van der Waals surface area contributed by atoms with Gasteiger partial charge in [0.25, 0.3) is 0 Å². The van der Waals surface area contributed by atoms with Crippen LogP contribution in [0.4, 0.5) is 8.78 Å². The first kappa shape index (κ1) is 18.5. The van der Waals surface area contributed by atoms with Crippen LogP contribution in [0.2, 0.25) is 0 Å². The van der Waals surface area contributed by atoms with Crippen LogP contribution in [0.5, 0.6) is 11.5 Å². The monoisotopic (exact) mass is 330 g/mol. The normalized spacial score (nSPS) is 10.3. The van der Waals surface area contributed by atoms with Crippen LogP contribution < -0.4 is 15.2 Å². The molecule has 8 heteroatoms. The zero-order valence-corrected chi connectivity index (χ0v) is 12.6. The van der Waals surface area contributed by atoms with Crippen LogP contribution in [-0.4, -0.2) is 13.2 Å². The van der Waals surface area contributed by atoms with E-state index < -0.39 is 12.2 Å². The number of nitrogens with zero attached hydrogens (tertiary/aromatic N) is 3. The number of benzene rings is 1. The summed E-state index contributed by atoms with van der Waals surface area (Å²) >= 11 is 0. The largest absolute Gasteiger partial charge is 0.490 e. The maximum absolute atomic E-state index is 12.7. The smallest absolute Gasteiger partial charge is 0.387 e. The summed E-state index contributed by atoms with van der Waals surface area (Å²) in [5.41, 5.74) is 4.66. The standard InChI is InChI=1S/C16H12F2N4O2/c1-2-23-13-5-3-4-10(15(13)24-16(17)18)6-11(7-19)14(22)12(8-20)9-21/h3-6,16H,2,22H2,1H3/b11-6-. The molecule has 1 aromatic rings. The van der Waals surface area contributed by atoms with Gasteiger partial charge in [-0.25, -0.2) is 0 Å². The Kier molecular flexibility index (Phi) is 6.75. The molecule has 6 nitrogen and oxygen atoms in total. The van der Waals surface area contributed by atoms with Crippen LogP contribution in [0.25, 0.3) is 6.08 Å². The van der Waals surface area contributed by atoms with Crippen molar-refractivity contribution in [3.8, 4) is 29.7 Å². The quantitative estimate of drug-likeness (QED) is 0.633. The SMILES string of the molecule is CCOc1cccc(/C=C(/C#N)C(N)=C(C#N)C#N)c1OC(F)F. The van der Waals surface area contributed by atoms with Crippen molar-refractivity contribution in [2.75, 3.05) is 6.61 Å². The fourth-order valence-corrected chi connectivity index (χ4v) is 1.74. The summed E-state index contributed by atoms with van der Waals surface area (Å²) in [4.78, 5) is 0. The summed E-state index contributed by atoms with van der Waals surface area (Å²) in [7, 11) is 0. The number of para-hydroxylation sites is 1. The van der Waals surface area contributed by atoms with E-state index in [2.05, 4.69) is 4.74 Å². The Hall–Kier alpha value is -3.57. The number of halogens is 2. The van der Waals surface area contributed by atoms with E-state index >= 15 is 0 Å². The van der Waals surface area contributed by atoms with Crippen LogP contribution >= 0.6 is 0 Å². The van der Waals surface area contributed by atoms with Crippen molar-refractivity contribution in [3.63, 3.8) is 0 Å². The first-order valence-electron chi connectivity index (χ1n) is 6.61. The van der Waals surface area contributed by atoms with Crippen molar-refractivity contribution >= 4 is 6.08 Å². The number of alkyl halides is 2. The zero-order valence-electron chi connectivity index (χ0n) is 12.6. The molecule has 0 saturated carbocycles. The molecule has 0 fully saturated rings. The van der Waals surface area contributed by atoms with Gasteiger partial charge >= 0.3 is 6.61 Å². The number of rotatable bonds is 6. The summed E-state index contributed by atoms with van der Waals surface area (Å²) in [6.07, 6.45) is 1.14. The Morgan fingerprint density at radius 3 is 2.42 bits per heavy atom. The molecule has 24 heavy (non-hydrogen) atoms. The number of hydrogen-bond donors (Lipinski definition) is 1. The van der Waals surface area contributed by atoms with Gasteiger partial charge in [-0.1, -0.05) is 12.1 Å². The summed E-state index contributed by atoms with van der Waals surface area (Å²) in [5.74, 6) is -0.211. The lowest BCUT2D eigenvalue weighted by molar-refractivity contribution is -0.0515. The summed E-state index contributed by atoms with van der Waals surface area (Å²) in [6.45, 7) is -1.22. The minimum absolute atomic E-state index is 0.0622. The van der Waals surface area contributed by atoms with Gasteiger partial charge in [0.05, 0.1) is 17.9 Å². The van der Waals surface area contributed by atoms with Crippen LogP contribution in [0.15, 0.2) is 35.0 Å². The third-order valence-electron chi connectivity index (χ3n) is 2.72. The van der Waals surface area contributed by atoms with Gasteiger partial charge in [0.1, 0.15) is 18.2 Å². The molecule has 1 aromatic carbocycles. The molecule has 0 aliphatic rings. The van der Waals surface area contributed by atoms with Gasteiger partial charge in [-0.2, -0.15) is 24.6 Å². The molecule has 0 saturated heterocycles. The van der Waals surface area contributed by atoms with Crippen molar-refractivity contribution in [3.05, 3.63) is 40.6 Å². The molecule has 0 unspecified atom stereocenters. The molecular weight excluding hydrogens is 318 g/mol. The van der Waals surface area contributed by atoms with Gasteiger partial charge in [0.2, 0.25) is 0 Å². The first-order valence-corrected chi connectivity index (χ1v) is 6.61. The topological polar surface area (TPSA) is 116 Å². The number of nitrogens with two attached hydrogens (primary N) is 1. The van der Waals surface area contributed by atoms with E-state index in [0.29, 0.717) is 0 Å². The zero-order chi connectivity index (χ0) is 18.1. The number of hydrogen-bond acceptors (Lipinski definition) is 6. The van der Waals surface area contributed by atoms with E-state index in [4.69, 9.17) is 21.0 Å². The van der Waals surface area contributed by atoms with Crippen LogP contribution in [0.1, 0.15) is 12.5 Å². The maximum atomic E-state index is 12.7. The van der Waals surface area contributed by atoms with Gasteiger partial charge < -0.3 is 15.2 Å². The number of allylic oxidation sites excluding steroid dienone is 2. The first-order chi connectivity index (χ1) is 11.5. The molecule has 0 spiro atoms. The summed E-state index contributed by atoms with van der Waals surface area (Å²) in [5, 5.41) is 26.8. The van der Waals surface area contributed by atoms with E-state index in [0.717, 1.165) is 6.08 Å². The molecule has 0 aromatic heterocycles. The van der Waals surface area contributed by atoms with Crippen LogP contribution in [0.3, 0.4) is 0 Å². The third-order valence-corrected chi connectivity index (χ3v) is 2.72. The van der Waals surface area contributed by atoms with Gasteiger partial charge in [0, 0.05) is 5.56 Å². The number of ether oxygens (including phenoxy) is 2. The molecule has 0 aliphatic heterocycles. The predicted octanol–water partition coefficient (Wildman–Crippen LogP) is 2.85. The molecule has 0 aliphatic carbocycles. The average molecular weight is 330 g/mol. The lowest BCUT2D eigenvalue weighted by atomic mass is 10.1. The molecule has 0 amide bonds. The van der Waals surface area contributed by atoms with Crippen molar-refractivity contribution in [2.24, 2.45) is 5.73 Å². The van der Waals surface area contributed by atoms with Gasteiger partial charge in [0.15, 0.2) is 17.1 Å². The second kappa shape index (κ2) is 8.77. The van der Waals surface area contributed by atoms with Gasteiger partial charge in [-0.15, -0.1) is 0 Å². The molecule has 0 bridgehead atoms. The maximum Gasteiger partial charge on any atom is 0.387 e. The molecule has 0 radical (unpaired) electrons. The summed E-state index contributed by atoms with van der Waals surface area (Å²) in [6, 6.07) is 9.19. The van der Waals surface area contributed by atoms with E-state index in [1.165, 1.54) is 18.2 Å². The van der Waals surface area contributed by atoms with Gasteiger partial charge in [-0.05, 0) is 19.1 Å². The van der Waals surface area contributed by atoms with Crippen LogP contribution in [-0.2, 0) is 0 Å². The molecule has 0 heterocycles. The molecule has 1 rings (SSSR count). The number of nitriles is 3. The molecular formula is C16H12F2N4O2. The van der Waals surface area contributed by atoms with E-state index in [1.807, 2.05) is 0 Å². The third kappa shape index (κ3) is 4.46. The highest BCUT2D eigenvalue weighted by Crippen LogP contribution is 2.34. The summed E-state index contributed by atoms with van der Waals surface area (Å²) < 4.78 is 35.0. The van der Waals surface area contributed by atoms with Crippen LogP contribution in [0, 0.1) is 34.0 Å². The van der Waals surface area contributed by atoms with E-state index in [1.54, 1.807) is 25.1 Å². The highest BCUT2D eigenvalue weighted by atomic mass is 19.3. The van der Waals surface area contributed by atoms with Crippen molar-refractivity contribution in [1.82, 2.24) is 0 Å². The minimum atomic E-state index is -3.11. The predicted molar refractivity (Wildman–Crippen MR) is 80.3 cm³/mol.